The minimum Gasteiger partial charge on any atom is -0.380 e. The van der Waals surface area contributed by atoms with Crippen LogP contribution in [0.3, 0.4) is 0 Å². The van der Waals surface area contributed by atoms with Crippen LogP contribution in [-0.2, 0) is 16.6 Å². The zero-order chi connectivity index (χ0) is 13.3. The highest BCUT2D eigenvalue weighted by Crippen LogP contribution is 2.36. The molecule has 2 rings (SSSR count). The van der Waals surface area contributed by atoms with Gasteiger partial charge in [0.25, 0.3) is 0 Å². The van der Waals surface area contributed by atoms with Gasteiger partial charge < -0.3 is 10.5 Å². The number of methoxy groups -OCH3 is 1. The minimum atomic E-state index is 0.0708. The summed E-state index contributed by atoms with van der Waals surface area (Å²) in [6.07, 6.45) is 3.55. The van der Waals surface area contributed by atoms with E-state index in [1.54, 1.807) is 18.4 Å². The topological polar surface area (TPSA) is 48.1 Å². The molecule has 1 aromatic heterocycles. The Morgan fingerprint density at radius 2 is 2.17 bits per heavy atom. The summed E-state index contributed by atoms with van der Waals surface area (Å²) in [6.45, 7) is 6.57. The van der Waals surface area contributed by atoms with Crippen molar-refractivity contribution in [2.75, 3.05) is 7.11 Å². The molecule has 2 atom stereocenters. The standard InChI is InChI=1S/C14H24N2OS/c1-14(2,3)11-8-18-12(16-11)7-10(15)13(17-4)9-5-6-9/h8-10,13H,5-7,15H2,1-4H3. The highest BCUT2D eigenvalue weighted by Gasteiger charge is 2.35. The predicted molar refractivity (Wildman–Crippen MR) is 76.0 cm³/mol. The van der Waals surface area contributed by atoms with Crippen LogP contribution in [0.1, 0.15) is 44.3 Å². The third kappa shape index (κ3) is 3.31. The SMILES string of the molecule is COC(C(N)Cc1nc(C(C)(C)C)cs1)C1CC1. The Labute approximate surface area is 114 Å². The van der Waals surface area contributed by atoms with Gasteiger partial charge in [0.1, 0.15) is 0 Å². The number of nitrogens with zero attached hydrogens (tertiary/aromatic N) is 1. The van der Waals surface area contributed by atoms with Crippen molar-refractivity contribution in [3.63, 3.8) is 0 Å². The second-order valence-electron chi connectivity index (χ2n) is 6.28. The van der Waals surface area contributed by atoms with Gasteiger partial charge in [0, 0.05) is 30.4 Å². The molecule has 3 nitrogen and oxygen atoms in total. The quantitative estimate of drug-likeness (QED) is 0.893. The number of aromatic nitrogens is 1. The third-order valence-corrected chi connectivity index (χ3v) is 4.38. The first-order chi connectivity index (χ1) is 8.41. The van der Waals surface area contributed by atoms with Crippen molar-refractivity contribution in [1.82, 2.24) is 4.98 Å². The number of ether oxygens (including phenoxy) is 1. The summed E-state index contributed by atoms with van der Waals surface area (Å²) in [5, 5.41) is 3.29. The maximum Gasteiger partial charge on any atom is 0.0944 e. The molecule has 0 aliphatic heterocycles. The summed E-state index contributed by atoms with van der Waals surface area (Å²) in [6, 6.07) is 0.0708. The molecule has 0 aromatic carbocycles. The minimum absolute atomic E-state index is 0.0708. The Morgan fingerprint density at radius 3 is 2.61 bits per heavy atom. The fraction of sp³-hybridized carbons (Fsp3) is 0.786. The van der Waals surface area contributed by atoms with Gasteiger partial charge in [0.2, 0.25) is 0 Å². The van der Waals surface area contributed by atoms with Gasteiger partial charge in [-0.25, -0.2) is 4.98 Å². The lowest BCUT2D eigenvalue weighted by Crippen LogP contribution is -2.39. The monoisotopic (exact) mass is 268 g/mol. The van der Waals surface area contributed by atoms with Gasteiger partial charge in [-0.05, 0) is 18.8 Å². The zero-order valence-electron chi connectivity index (χ0n) is 11.8. The van der Waals surface area contributed by atoms with E-state index in [4.69, 9.17) is 15.5 Å². The second kappa shape index (κ2) is 5.27. The summed E-state index contributed by atoms with van der Waals surface area (Å²) in [5.41, 5.74) is 7.54. The van der Waals surface area contributed by atoms with Gasteiger partial charge in [-0.15, -0.1) is 11.3 Å². The number of hydrogen-bond donors (Lipinski definition) is 1. The Morgan fingerprint density at radius 1 is 1.50 bits per heavy atom. The van der Waals surface area contributed by atoms with Crippen molar-refractivity contribution in [3.05, 3.63) is 16.1 Å². The molecule has 4 heteroatoms. The highest BCUT2D eigenvalue weighted by atomic mass is 32.1. The van der Waals surface area contributed by atoms with Crippen molar-refractivity contribution >= 4 is 11.3 Å². The molecule has 0 bridgehead atoms. The van der Waals surface area contributed by atoms with E-state index in [1.807, 2.05) is 0 Å². The molecule has 1 aliphatic carbocycles. The van der Waals surface area contributed by atoms with E-state index in [1.165, 1.54) is 12.8 Å². The van der Waals surface area contributed by atoms with Crippen LogP contribution in [0.25, 0.3) is 0 Å². The fourth-order valence-electron chi connectivity index (χ4n) is 2.21. The van der Waals surface area contributed by atoms with E-state index < -0.39 is 0 Å². The summed E-state index contributed by atoms with van der Waals surface area (Å²) in [4.78, 5) is 4.70. The third-order valence-electron chi connectivity index (χ3n) is 3.51. The molecule has 0 radical (unpaired) electrons. The first-order valence-electron chi connectivity index (χ1n) is 6.65. The molecule has 2 N–H and O–H groups in total. The second-order valence-corrected chi connectivity index (χ2v) is 7.22. The van der Waals surface area contributed by atoms with Crippen molar-refractivity contribution in [1.29, 1.82) is 0 Å². The van der Waals surface area contributed by atoms with Crippen molar-refractivity contribution < 1.29 is 4.74 Å². The van der Waals surface area contributed by atoms with Crippen LogP contribution in [0.15, 0.2) is 5.38 Å². The van der Waals surface area contributed by atoms with Gasteiger partial charge in [-0.3, -0.25) is 0 Å². The largest absolute Gasteiger partial charge is 0.380 e. The van der Waals surface area contributed by atoms with Crippen LogP contribution >= 0.6 is 11.3 Å². The zero-order valence-corrected chi connectivity index (χ0v) is 12.6. The van der Waals surface area contributed by atoms with Gasteiger partial charge in [0.05, 0.1) is 16.8 Å². The van der Waals surface area contributed by atoms with Crippen LogP contribution in [-0.4, -0.2) is 24.2 Å². The molecule has 1 fully saturated rings. The van der Waals surface area contributed by atoms with Crippen LogP contribution in [0.4, 0.5) is 0 Å². The first kappa shape index (κ1) is 14.0. The van der Waals surface area contributed by atoms with Crippen LogP contribution < -0.4 is 5.73 Å². The van der Waals surface area contributed by atoms with Crippen LogP contribution in [0, 0.1) is 5.92 Å². The van der Waals surface area contributed by atoms with Gasteiger partial charge in [0.15, 0.2) is 0 Å². The molecule has 1 aromatic rings. The van der Waals surface area contributed by atoms with E-state index in [0.29, 0.717) is 5.92 Å². The lowest BCUT2D eigenvalue weighted by Gasteiger charge is -2.21. The normalized spacial score (nSPS) is 19.8. The highest BCUT2D eigenvalue weighted by molar-refractivity contribution is 7.09. The lowest BCUT2D eigenvalue weighted by atomic mass is 9.93. The van der Waals surface area contributed by atoms with Crippen LogP contribution in [0.2, 0.25) is 0 Å². The Bertz CT molecular complexity index is 393. The van der Waals surface area contributed by atoms with E-state index in [0.717, 1.165) is 17.1 Å². The summed E-state index contributed by atoms with van der Waals surface area (Å²) >= 11 is 1.72. The van der Waals surface area contributed by atoms with Gasteiger partial charge in [-0.2, -0.15) is 0 Å². The molecule has 0 spiro atoms. The van der Waals surface area contributed by atoms with E-state index in [9.17, 15) is 0 Å². The Kier molecular flexibility index (Phi) is 4.09. The number of rotatable bonds is 5. The predicted octanol–water partition coefficient (Wildman–Crippen LogP) is 2.74. The molecule has 1 heterocycles. The molecule has 1 aliphatic rings. The smallest absolute Gasteiger partial charge is 0.0944 e. The fourth-order valence-corrected chi connectivity index (χ4v) is 3.30. The van der Waals surface area contributed by atoms with Crippen LogP contribution in [0.5, 0.6) is 0 Å². The molecular weight excluding hydrogens is 244 g/mol. The number of hydrogen-bond acceptors (Lipinski definition) is 4. The molecule has 18 heavy (non-hydrogen) atoms. The molecule has 102 valence electrons. The summed E-state index contributed by atoms with van der Waals surface area (Å²) < 4.78 is 5.53. The molecule has 2 unspecified atom stereocenters. The molecule has 0 amide bonds. The summed E-state index contributed by atoms with van der Waals surface area (Å²) in [5.74, 6) is 0.673. The first-order valence-corrected chi connectivity index (χ1v) is 7.53. The maximum absolute atomic E-state index is 6.26. The van der Waals surface area contributed by atoms with Gasteiger partial charge in [-0.1, -0.05) is 20.8 Å². The van der Waals surface area contributed by atoms with E-state index >= 15 is 0 Å². The molecule has 0 saturated heterocycles. The molecule has 1 saturated carbocycles. The Hall–Kier alpha value is -0.450. The lowest BCUT2D eigenvalue weighted by molar-refractivity contribution is 0.0626. The number of thiazole rings is 1. The Balaban J connectivity index is 1.98. The average Bonchev–Trinajstić information content (AvgIpc) is 2.97. The van der Waals surface area contributed by atoms with E-state index in [-0.39, 0.29) is 17.6 Å². The number of nitrogens with two attached hydrogens (primary N) is 1. The van der Waals surface area contributed by atoms with Crippen molar-refractivity contribution in [3.8, 4) is 0 Å². The average molecular weight is 268 g/mol. The molecular formula is C14H24N2OS. The van der Waals surface area contributed by atoms with Crippen molar-refractivity contribution in [2.24, 2.45) is 11.7 Å². The maximum atomic E-state index is 6.26. The summed E-state index contributed by atoms with van der Waals surface area (Å²) in [7, 11) is 1.77. The van der Waals surface area contributed by atoms with Gasteiger partial charge >= 0.3 is 0 Å². The van der Waals surface area contributed by atoms with Crippen molar-refractivity contribution in [2.45, 2.75) is 57.6 Å². The van der Waals surface area contributed by atoms with E-state index in [2.05, 4.69) is 26.2 Å².